The van der Waals surface area contributed by atoms with Gasteiger partial charge < -0.3 is 9.47 Å². The zero-order valence-electron chi connectivity index (χ0n) is 30.8. The maximum Gasteiger partial charge on any atom is 0.0547 e. The zero-order chi connectivity index (χ0) is 37.3. The molecule has 0 aliphatic rings. The number of hydrogen-bond acceptors (Lipinski definition) is 1. The highest BCUT2D eigenvalue weighted by Gasteiger charge is 2.23. The fourth-order valence-electron chi connectivity index (χ4n) is 8.27. The Balaban J connectivity index is 1.19. The molecular weight excluding hydrogens is 677 g/mol. The van der Waals surface area contributed by atoms with Crippen LogP contribution in [0.3, 0.4) is 0 Å². The van der Waals surface area contributed by atoms with Gasteiger partial charge in [-0.25, -0.2) is 0 Å². The van der Waals surface area contributed by atoms with E-state index in [9.17, 15) is 0 Å². The van der Waals surface area contributed by atoms with Crippen molar-refractivity contribution in [3.8, 4) is 50.2 Å². The molecule has 0 unspecified atom stereocenters. The molecule has 264 valence electrons. The van der Waals surface area contributed by atoms with Crippen LogP contribution in [0, 0.1) is 0 Å². The molecule has 0 amide bonds. The third-order valence-corrected chi connectivity index (χ3v) is 10.8. The Labute approximate surface area is 327 Å². The van der Waals surface area contributed by atoms with Crippen LogP contribution in [0.15, 0.2) is 231 Å². The van der Waals surface area contributed by atoms with Crippen LogP contribution in [0.2, 0.25) is 0 Å². The summed E-state index contributed by atoms with van der Waals surface area (Å²) in [5, 5.41) is 2.50. The normalized spacial score (nSPS) is 11.2. The molecular formula is C54H38N2. The molecule has 10 aromatic rings. The Bertz CT molecular complexity index is 2950. The summed E-state index contributed by atoms with van der Waals surface area (Å²) in [5.74, 6) is 0. The molecule has 56 heavy (non-hydrogen) atoms. The smallest absolute Gasteiger partial charge is 0.0547 e. The first kappa shape index (κ1) is 33.2. The van der Waals surface area contributed by atoms with Crippen molar-refractivity contribution >= 4 is 38.9 Å². The summed E-state index contributed by atoms with van der Waals surface area (Å²) in [6.07, 6.45) is 0. The minimum Gasteiger partial charge on any atom is -0.310 e. The molecule has 0 radical (unpaired) electrons. The van der Waals surface area contributed by atoms with E-state index in [0.717, 1.165) is 28.3 Å². The molecule has 0 bridgehead atoms. The average Bonchev–Trinajstić information content (AvgIpc) is 3.61. The number of aromatic nitrogens is 1. The number of rotatable bonds is 8. The molecule has 0 aliphatic carbocycles. The Morgan fingerprint density at radius 1 is 0.304 bits per heavy atom. The van der Waals surface area contributed by atoms with Crippen molar-refractivity contribution in [3.63, 3.8) is 0 Å². The van der Waals surface area contributed by atoms with Gasteiger partial charge in [-0.2, -0.15) is 0 Å². The highest BCUT2D eigenvalue weighted by atomic mass is 15.1. The number of benzene rings is 9. The van der Waals surface area contributed by atoms with Crippen molar-refractivity contribution in [1.82, 2.24) is 4.57 Å². The highest BCUT2D eigenvalue weighted by molar-refractivity contribution is 6.10. The van der Waals surface area contributed by atoms with Crippen LogP contribution >= 0.6 is 0 Å². The van der Waals surface area contributed by atoms with Gasteiger partial charge in [-0.05, 0) is 93.5 Å². The van der Waals surface area contributed by atoms with Crippen LogP contribution in [0.1, 0.15) is 0 Å². The standard InChI is InChI=1S/C54H38N2/c1-5-19-39(20-6-1)46-29-13-14-31-50(46)54-47(40-21-7-2-8-22-40)32-18-34-52(54)55(43-24-9-3-10-25-43)45-28-17-23-41(37-45)42-35-36-49-48-30-15-16-33-51(48)56(53(49)38-42)44-26-11-4-12-27-44/h1-38H. The highest BCUT2D eigenvalue weighted by Crippen LogP contribution is 2.48. The fraction of sp³-hybridized carbons (Fsp3) is 0. The van der Waals surface area contributed by atoms with Gasteiger partial charge >= 0.3 is 0 Å². The van der Waals surface area contributed by atoms with E-state index in [1.165, 1.54) is 60.8 Å². The minimum atomic E-state index is 1.08. The van der Waals surface area contributed by atoms with Gasteiger partial charge in [0.25, 0.3) is 0 Å². The molecule has 10 rings (SSSR count). The van der Waals surface area contributed by atoms with Crippen LogP contribution < -0.4 is 4.90 Å². The van der Waals surface area contributed by atoms with Crippen molar-refractivity contribution < 1.29 is 0 Å². The van der Waals surface area contributed by atoms with Gasteiger partial charge in [0.2, 0.25) is 0 Å². The van der Waals surface area contributed by atoms with Crippen molar-refractivity contribution in [2.24, 2.45) is 0 Å². The van der Waals surface area contributed by atoms with Crippen molar-refractivity contribution in [2.45, 2.75) is 0 Å². The monoisotopic (exact) mass is 714 g/mol. The molecule has 0 atom stereocenters. The second-order valence-corrected chi connectivity index (χ2v) is 14.1. The van der Waals surface area contributed by atoms with Gasteiger partial charge in [-0.1, -0.05) is 176 Å². The molecule has 1 heterocycles. The van der Waals surface area contributed by atoms with Crippen LogP contribution in [0.25, 0.3) is 72.0 Å². The molecule has 0 saturated heterocycles. The van der Waals surface area contributed by atoms with Crippen LogP contribution in [-0.2, 0) is 0 Å². The number of nitrogens with zero attached hydrogens (tertiary/aromatic N) is 2. The number of fused-ring (bicyclic) bond motifs is 3. The lowest BCUT2D eigenvalue weighted by Gasteiger charge is -2.30. The van der Waals surface area contributed by atoms with E-state index in [1.807, 2.05) is 0 Å². The summed E-state index contributed by atoms with van der Waals surface area (Å²) in [6.45, 7) is 0. The third kappa shape index (κ3) is 5.95. The number of anilines is 3. The Morgan fingerprint density at radius 2 is 0.821 bits per heavy atom. The maximum atomic E-state index is 2.42. The van der Waals surface area contributed by atoms with E-state index >= 15 is 0 Å². The van der Waals surface area contributed by atoms with E-state index < -0.39 is 0 Å². The van der Waals surface area contributed by atoms with Crippen molar-refractivity contribution in [2.75, 3.05) is 4.90 Å². The zero-order valence-corrected chi connectivity index (χ0v) is 30.8. The van der Waals surface area contributed by atoms with E-state index in [-0.39, 0.29) is 0 Å². The van der Waals surface area contributed by atoms with Gasteiger partial charge in [0.1, 0.15) is 0 Å². The topological polar surface area (TPSA) is 8.17 Å². The molecule has 2 heteroatoms. The predicted octanol–water partition coefficient (Wildman–Crippen LogP) is 14.9. The summed E-state index contributed by atoms with van der Waals surface area (Å²) in [5.41, 5.74) is 16.3. The second kappa shape index (κ2) is 14.4. The predicted molar refractivity (Wildman–Crippen MR) is 237 cm³/mol. The molecule has 0 N–H and O–H groups in total. The van der Waals surface area contributed by atoms with E-state index in [1.54, 1.807) is 0 Å². The lowest BCUT2D eigenvalue weighted by molar-refractivity contribution is 1.18. The average molecular weight is 715 g/mol. The summed E-state index contributed by atoms with van der Waals surface area (Å²) in [7, 11) is 0. The Kier molecular flexibility index (Phi) is 8.55. The van der Waals surface area contributed by atoms with Crippen molar-refractivity contribution in [3.05, 3.63) is 231 Å². The summed E-state index contributed by atoms with van der Waals surface area (Å²) in [4.78, 5) is 2.42. The van der Waals surface area contributed by atoms with E-state index in [2.05, 4.69) is 240 Å². The Morgan fingerprint density at radius 3 is 1.57 bits per heavy atom. The first-order chi connectivity index (χ1) is 27.8. The molecule has 0 fully saturated rings. The van der Waals surface area contributed by atoms with Crippen LogP contribution in [0.5, 0.6) is 0 Å². The summed E-state index contributed by atoms with van der Waals surface area (Å²) >= 11 is 0. The summed E-state index contributed by atoms with van der Waals surface area (Å²) in [6, 6.07) is 83.1. The molecule has 2 nitrogen and oxygen atoms in total. The molecule has 1 aromatic heterocycles. The van der Waals surface area contributed by atoms with Crippen molar-refractivity contribution in [1.29, 1.82) is 0 Å². The van der Waals surface area contributed by atoms with Crippen LogP contribution in [-0.4, -0.2) is 4.57 Å². The maximum absolute atomic E-state index is 2.42. The lowest BCUT2D eigenvalue weighted by atomic mass is 9.87. The first-order valence-corrected chi connectivity index (χ1v) is 19.2. The molecule has 9 aromatic carbocycles. The van der Waals surface area contributed by atoms with Gasteiger partial charge in [0.15, 0.2) is 0 Å². The van der Waals surface area contributed by atoms with Crippen LogP contribution in [0.4, 0.5) is 17.1 Å². The number of hydrogen-bond donors (Lipinski definition) is 0. The molecule has 0 aliphatic heterocycles. The van der Waals surface area contributed by atoms with E-state index in [4.69, 9.17) is 0 Å². The van der Waals surface area contributed by atoms with E-state index in [0.29, 0.717) is 0 Å². The quantitative estimate of drug-likeness (QED) is 0.152. The Hall–Kier alpha value is -7.42. The third-order valence-electron chi connectivity index (χ3n) is 10.8. The SMILES string of the molecule is c1ccc(-c2ccccc2-c2c(-c3ccccc3)cccc2N(c2ccccc2)c2cccc(-c3ccc4c5ccccc5n(-c5ccccc5)c4c3)c2)cc1. The largest absolute Gasteiger partial charge is 0.310 e. The van der Waals surface area contributed by atoms with Gasteiger partial charge in [0.05, 0.1) is 16.7 Å². The fourth-order valence-corrected chi connectivity index (χ4v) is 8.27. The number of para-hydroxylation sites is 3. The molecule has 0 spiro atoms. The summed E-state index contributed by atoms with van der Waals surface area (Å²) < 4.78 is 2.39. The van der Waals surface area contributed by atoms with Gasteiger partial charge in [0, 0.05) is 33.4 Å². The second-order valence-electron chi connectivity index (χ2n) is 14.1. The minimum absolute atomic E-state index is 1.08. The van der Waals surface area contributed by atoms with Gasteiger partial charge in [-0.3, -0.25) is 0 Å². The lowest BCUT2D eigenvalue weighted by Crippen LogP contribution is -2.12. The first-order valence-electron chi connectivity index (χ1n) is 19.2. The van der Waals surface area contributed by atoms with Gasteiger partial charge in [-0.15, -0.1) is 0 Å². The molecule has 0 saturated carbocycles.